The van der Waals surface area contributed by atoms with Gasteiger partial charge in [-0.05, 0) is 33.3 Å². The number of imide groups is 1. The molecule has 0 aromatic heterocycles. The van der Waals surface area contributed by atoms with E-state index < -0.39 is 45.9 Å². The molecule has 0 saturated carbocycles. The van der Waals surface area contributed by atoms with Gasteiger partial charge in [0.05, 0.1) is 10.5 Å². The Labute approximate surface area is 160 Å². The van der Waals surface area contributed by atoms with Crippen molar-refractivity contribution in [3.8, 4) is 0 Å². The first-order valence-electron chi connectivity index (χ1n) is 8.58. The molecule has 0 saturated heterocycles. The number of nitro groups is 1. The van der Waals surface area contributed by atoms with Gasteiger partial charge in [-0.1, -0.05) is 6.07 Å². The third kappa shape index (κ3) is 4.51. The molecule has 2 N–H and O–H groups in total. The van der Waals surface area contributed by atoms with E-state index >= 15 is 0 Å². The second-order valence-corrected chi connectivity index (χ2v) is 7.39. The van der Waals surface area contributed by atoms with E-state index in [1.54, 1.807) is 20.8 Å². The lowest BCUT2D eigenvalue weighted by molar-refractivity contribution is -0.385. The minimum absolute atomic E-state index is 0.0584. The van der Waals surface area contributed by atoms with Crippen LogP contribution in [0.15, 0.2) is 18.2 Å². The molecule has 1 heterocycles. The molecule has 0 unspecified atom stereocenters. The molecule has 1 aliphatic rings. The van der Waals surface area contributed by atoms with Crippen molar-refractivity contribution in [2.24, 2.45) is 5.73 Å². The smallest absolute Gasteiger partial charge is 0.306 e. The van der Waals surface area contributed by atoms with Gasteiger partial charge in [-0.25, -0.2) is 0 Å². The maximum Gasteiger partial charge on any atom is 0.306 e. The van der Waals surface area contributed by atoms with Crippen LogP contribution in [0.25, 0.3) is 0 Å². The number of benzene rings is 1. The average Bonchev–Trinajstić information content (AvgIpc) is 2.81. The zero-order valence-electron chi connectivity index (χ0n) is 15.8. The van der Waals surface area contributed by atoms with Gasteiger partial charge < -0.3 is 10.5 Å². The second-order valence-electron chi connectivity index (χ2n) is 7.39. The highest BCUT2D eigenvalue weighted by atomic mass is 16.6. The number of hydrogen-bond acceptors (Lipinski definition) is 7. The maximum absolute atomic E-state index is 12.8. The number of fused-ring (bicyclic) bond motifs is 1. The summed E-state index contributed by atoms with van der Waals surface area (Å²) >= 11 is 0. The zero-order chi connectivity index (χ0) is 21.2. The van der Waals surface area contributed by atoms with Crippen LogP contribution < -0.4 is 5.73 Å². The molecular formula is C18H21N3O7. The SMILES string of the molecule is CC(C)(C)OC(=O)CC[C@@H](CC(N)=O)N1C(=O)c2cccc([N+](=O)[O-])c2C1=O. The van der Waals surface area contributed by atoms with E-state index in [1.165, 1.54) is 12.1 Å². The van der Waals surface area contributed by atoms with Gasteiger partial charge in [0, 0.05) is 24.9 Å². The predicted molar refractivity (Wildman–Crippen MR) is 96.3 cm³/mol. The Hall–Kier alpha value is -3.30. The van der Waals surface area contributed by atoms with Crippen LogP contribution in [0.2, 0.25) is 0 Å². The molecule has 0 spiro atoms. The van der Waals surface area contributed by atoms with Crippen LogP contribution >= 0.6 is 0 Å². The van der Waals surface area contributed by atoms with Crippen molar-refractivity contribution >= 4 is 29.4 Å². The van der Waals surface area contributed by atoms with E-state index in [2.05, 4.69) is 0 Å². The van der Waals surface area contributed by atoms with Crippen molar-refractivity contribution in [3.63, 3.8) is 0 Å². The number of amides is 3. The lowest BCUT2D eigenvalue weighted by Crippen LogP contribution is -2.42. The van der Waals surface area contributed by atoms with E-state index in [1.807, 2.05) is 0 Å². The van der Waals surface area contributed by atoms with Crippen LogP contribution in [-0.4, -0.2) is 45.2 Å². The number of nitrogens with zero attached hydrogens (tertiary/aromatic N) is 2. The molecular weight excluding hydrogens is 370 g/mol. The van der Waals surface area contributed by atoms with Crippen molar-refractivity contribution in [1.82, 2.24) is 4.90 Å². The fourth-order valence-corrected chi connectivity index (χ4v) is 3.00. The molecule has 150 valence electrons. The lowest BCUT2D eigenvalue weighted by atomic mass is 10.1. The van der Waals surface area contributed by atoms with E-state index in [-0.39, 0.29) is 30.4 Å². The van der Waals surface area contributed by atoms with Crippen LogP contribution in [0.1, 0.15) is 60.7 Å². The van der Waals surface area contributed by atoms with E-state index in [4.69, 9.17) is 10.5 Å². The first-order chi connectivity index (χ1) is 12.9. The molecule has 0 bridgehead atoms. The Morgan fingerprint density at radius 2 is 1.89 bits per heavy atom. The van der Waals surface area contributed by atoms with Crippen molar-refractivity contribution < 1.29 is 28.8 Å². The average molecular weight is 391 g/mol. The van der Waals surface area contributed by atoms with Crippen LogP contribution in [0.4, 0.5) is 5.69 Å². The molecule has 1 aromatic rings. The Bertz CT molecular complexity index is 857. The number of esters is 1. The van der Waals surface area contributed by atoms with E-state index in [0.29, 0.717) is 0 Å². The van der Waals surface area contributed by atoms with Gasteiger partial charge in [-0.15, -0.1) is 0 Å². The molecule has 10 nitrogen and oxygen atoms in total. The number of carbonyl (C=O) groups excluding carboxylic acids is 4. The first kappa shape index (κ1) is 21.0. The summed E-state index contributed by atoms with van der Waals surface area (Å²) in [5.41, 5.74) is 3.57. The monoisotopic (exact) mass is 391 g/mol. The summed E-state index contributed by atoms with van der Waals surface area (Å²) in [6, 6.07) is 2.71. The minimum Gasteiger partial charge on any atom is -0.460 e. The summed E-state index contributed by atoms with van der Waals surface area (Å²) in [5.74, 6) is -2.99. The predicted octanol–water partition coefficient (Wildman–Crippen LogP) is 1.56. The lowest BCUT2D eigenvalue weighted by Gasteiger charge is -2.26. The van der Waals surface area contributed by atoms with Crippen molar-refractivity contribution in [3.05, 3.63) is 39.4 Å². The maximum atomic E-state index is 12.8. The molecule has 1 atom stereocenters. The van der Waals surface area contributed by atoms with E-state index in [0.717, 1.165) is 11.0 Å². The summed E-state index contributed by atoms with van der Waals surface area (Å²) in [5, 5.41) is 11.2. The van der Waals surface area contributed by atoms with Crippen molar-refractivity contribution in [1.29, 1.82) is 0 Å². The van der Waals surface area contributed by atoms with Gasteiger partial charge in [0.15, 0.2) is 0 Å². The minimum atomic E-state index is -1.02. The highest BCUT2D eigenvalue weighted by molar-refractivity contribution is 6.23. The van der Waals surface area contributed by atoms with Crippen LogP contribution in [0, 0.1) is 10.1 Å². The molecule has 1 aliphatic heterocycles. The largest absolute Gasteiger partial charge is 0.460 e. The number of ether oxygens (including phenoxy) is 1. The van der Waals surface area contributed by atoms with Crippen molar-refractivity contribution in [2.45, 2.75) is 51.7 Å². The number of nitro benzene ring substituents is 1. The number of rotatable bonds is 7. The van der Waals surface area contributed by atoms with Gasteiger partial charge in [-0.3, -0.25) is 34.2 Å². The fraction of sp³-hybridized carbons (Fsp3) is 0.444. The summed E-state index contributed by atoms with van der Waals surface area (Å²) in [6.45, 7) is 5.07. The summed E-state index contributed by atoms with van der Waals surface area (Å²) in [6.07, 6.45) is -0.593. The molecule has 3 amide bonds. The van der Waals surface area contributed by atoms with Crippen molar-refractivity contribution in [2.75, 3.05) is 0 Å². The van der Waals surface area contributed by atoms with Crippen LogP contribution in [0.5, 0.6) is 0 Å². The quantitative estimate of drug-likeness (QED) is 0.320. The summed E-state index contributed by atoms with van der Waals surface area (Å²) < 4.78 is 5.19. The molecule has 2 rings (SSSR count). The number of primary amides is 1. The van der Waals surface area contributed by atoms with Gasteiger partial charge in [0.2, 0.25) is 5.91 Å². The third-order valence-electron chi connectivity index (χ3n) is 4.02. The molecule has 0 radical (unpaired) electrons. The second kappa shape index (κ2) is 7.75. The summed E-state index contributed by atoms with van der Waals surface area (Å²) in [4.78, 5) is 60.1. The standard InChI is InChI=1S/C18H21N3O7/c1-18(2,3)28-14(23)8-7-10(9-13(19)22)20-16(24)11-5-4-6-12(21(26)27)15(11)17(20)25/h4-6,10H,7-9H2,1-3H3,(H2,19,22)/t10-/m0/s1. The zero-order valence-corrected chi connectivity index (χ0v) is 15.8. The van der Waals surface area contributed by atoms with Crippen LogP contribution in [0.3, 0.4) is 0 Å². The Kier molecular flexibility index (Phi) is 5.81. The first-order valence-corrected chi connectivity index (χ1v) is 8.58. The fourth-order valence-electron chi connectivity index (χ4n) is 3.00. The molecule has 28 heavy (non-hydrogen) atoms. The van der Waals surface area contributed by atoms with Gasteiger partial charge >= 0.3 is 5.97 Å². The van der Waals surface area contributed by atoms with Gasteiger partial charge in [0.1, 0.15) is 11.2 Å². The van der Waals surface area contributed by atoms with Crippen LogP contribution in [-0.2, 0) is 14.3 Å². The normalized spacial score (nSPS) is 14.6. The highest BCUT2D eigenvalue weighted by Gasteiger charge is 2.44. The molecule has 10 heteroatoms. The molecule has 0 aliphatic carbocycles. The number of carbonyl (C=O) groups is 4. The summed E-state index contributed by atoms with van der Waals surface area (Å²) in [7, 11) is 0. The number of hydrogen-bond donors (Lipinski definition) is 1. The Morgan fingerprint density at radius 3 is 2.43 bits per heavy atom. The highest BCUT2D eigenvalue weighted by Crippen LogP contribution is 2.33. The van der Waals surface area contributed by atoms with Gasteiger partial charge in [0.25, 0.3) is 17.5 Å². The Balaban J connectivity index is 2.29. The molecule has 0 fully saturated rings. The Morgan fingerprint density at radius 1 is 1.25 bits per heavy atom. The number of nitrogens with two attached hydrogens (primary N) is 1. The topological polar surface area (TPSA) is 150 Å². The van der Waals surface area contributed by atoms with Gasteiger partial charge in [-0.2, -0.15) is 0 Å². The van der Waals surface area contributed by atoms with E-state index in [9.17, 15) is 29.3 Å². The molecule has 1 aromatic carbocycles. The third-order valence-corrected chi connectivity index (χ3v) is 4.02.